The van der Waals surface area contributed by atoms with Gasteiger partial charge in [-0.15, -0.1) is 0 Å². The summed E-state index contributed by atoms with van der Waals surface area (Å²) in [6.07, 6.45) is 1.67. The summed E-state index contributed by atoms with van der Waals surface area (Å²) in [5.41, 5.74) is 0. The largest absolute Gasteiger partial charge is 0.436 e. The van der Waals surface area contributed by atoms with Crippen LogP contribution in [0, 0.1) is 0 Å². The molecular weight excluding hydrogens is 160 g/mol. The predicted molar refractivity (Wildman–Crippen MR) is 39.4 cm³/mol. The number of carbonyl (C=O) groups excluding carboxylic acids is 1. The van der Waals surface area contributed by atoms with Crippen LogP contribution in [0.2, 0.25) is 0 Å². The molecule has 2 saturated heterocycles. The van der Waals surface area contributed by atoms with Crippen molar-refractivity contribution >= 4 is 5.97 Å². The molecule has 2 heterocycles. The predicted octanol–water partition coefficient (Wildman–Crippen LogP) is 0.453. The molecule has 2 aliphatic rings. The number of methoxy groups -OCH3 is 1. The fraction of sp³-hybridized carbons (Fsp3) is 0.875. The van der Waals surface area contributed by atoms with Crippen molar-refractivity contribution in [3.05, 3.63) is 0 Å². The second-order valence-electron chi connectivity index (χ2n) is 3.21. The van der Waals surface area contributed by atoms with Gasteiger partial charge >= 0.3 is 5.97 Å². The Morgan fingerprint density at radius 2 is 2.33 bits per heavy atom. The lowest BCUT2D eigenvalue weighted by Crippen LogP contribution is -2.44. The average molecular weight is 172 g/mol. The van der Waals surface area contributed by atoms with Crippen LogP contribution in [0.5, 0.6) is 0 Å². The highest BCUT2D eigenvalue weighted by Gasteiger charge is 2.37. The first kappa shape index (κ1) is 8.01. The van der Waals surface area contributed by atoms with E-state index in [1.807, 2.05) is 0 Å². The second kappa shape index (κ2) is 3.03. The van der Waals surface area contributed by atoms with Crippen molar-refractivity contribution in [1.82, 2.24) is 0 Å². The third-order valence-corrected chi connectivity index (χ3v) is 2.32. The summed E-state index contributed by atoms with van der Waals surface area (Å²) in [7, 11) is 1.67. The van der Waals surface area contributed by atoms with Crippen LogP contribution in [0.15, 0.2) is 0 Å². The Hall–Kier alpha value is -0.610. The van der Waals surface area contributed by atoms with Crippen molar-refractivity contribution in [3.8, 4) is 0 Å². The van der Waals surface area contributed by atoms with Gasteiger partial charge in [0.1, 0.15) is 0 Å². The van der Waals surface area contributed by atoms with Gasteiger partial charge in [0.15, 0.2) is 0 Å². The summed E-state index contributed by atoms with van der Waals surface area (Å²) < 4.78 is 15.5. The normalized spacial score (nSPS) is 40.8. The monoisotopic (exact) mass is 172 g/mol. The molecule has 4 heteroatoms. The molecule has 2 aliphatic heterocycles. The molecule has 12 heavy (non-hydrogen) atoms. The Morgan fingerprint density at radius 3 is 3.00 bits per heavy atom. The lowest BCUT2D eigenvalue weighted by Gasteiger charge is -2.37. The molecule has 0 unspecified atom stereocenters. The summed E-state index contributed by atoms with van der Waals surface area (Å²) in [5.74, 6) is -0.147. The van der Waals surface area contributed by atoms with E-state index in [-0.39, 0.29) is 24.5 Å². The SMILES string of the molecule is CO[C@H]1C[C@@H]2CC(=O)O[C@H](C1)O2. The maximum Gasteiger partial charge on any atom is 0.310 e. The molecule has 0 aliphatic carbocycles. The van der Waals surface area contributed by atoms with Crippen LogP contribution in [-0.2, 0) is 19.0 Å². The van der Waals surface area contributed by atoms with E-state index in [1.54, 1.807) is 7.11 Å². The van der Waals surface area contributed by atoms with Crippen LogP contribution >= 0.6 is 0 Å². The van der Waals surface area contributed by atoms with Crippen LogP contribution in [0.25, 0.3) is 0 Å². The van der Waals surface area contributed by atoms with Crippen molar-refractivity contribution in [2.45, 2.75) is 37.8 Å². The zero-order chi connectivity index (χ0) is 8.55. The van der Waals surface area contributed by atoms with Crippen LogP contribution < -0.4 is 0 Å². The molecule has 0 amide bonds. The number of hydrogen-bond acceptors (Lipinski definition) is 4. The van der Waals surface area contributed by atoms with Crippen LogP contribution in [0.1, 0.15) is 19.3 Å². The Balaban J connectivity index is 2.00. The first-order valence-electron chi connectivity index (χ1n) is 4.15. The molecular formula is C8H12O4. The van der Waals surface area contributed by atoms with Crippen LogP contribution in [0.4, 0.5) is 0 Å². The molecule has 0 aromatic heterocycles. The Kier molecular flexibility index (Phi) is 2.02. The first-order chi connectivity index (χ1) is 5.78. The zero-order valence-corrected chi connectivity index (χ0v) is 6.99. The Labute approximate surface area is 70.8 Å². The number of hydrogen-bond donors (Lipinski definition) is 0. The lowest BCUT2D eigenvalue weighted by atomic mass is 10.0. The van der Waals surface area contributed by atoms with Gasteiger partial charge in [-0.3, -0.25) is 4.79 Å². The molecule has 0 spiro atoms. The molecule has 2 fully saturated rings. The fourth-order valence-corrected chi connectivity index (χ4v) is 1.71. The van der Waals surface area contributed by atoms with E-state index in [4.69, 9.17) is 14.2 Å². The average Bonchev–Trinajstić information content (AvgIpc) is 2.02. The number of ether oxygens (including phenoxy) is 3. The van der Waals surface area contributed by atoms with Gasteiger partial charge in [0.05, 0.1) is 18.6 Å². The number of carbonyl (C=O) groups is 1. The summed E-state index contributed by atoms with van der Waals surface area (Å²) in [5, 5.41) is 0. The molecule has 4 nitrogen and oxygen atoms in total. The fourth-order valence-electron chi connectivity index (χ4n) is 1.71. The number of esters is 1. The van der Waals surface area contributed by atoms with E-state index in [2.05, 4.69) is 0 Å². The van der Waals surface area contributed by atoms with Gasteiger partial charge in [0.2, 0.25) is 6.29 Å². The summed E-state index contributed by atoms with van der Waals surface area (Å²) in [6.45, 7) is 0. The van der Waals surface area contributed by atoms with Crippen molar-refractivity contribution in [3.63, 3.8) is 0 Å². The Morgan fingerprint density at radius 1 is 1.50 bits per heavy atom. The van der Waals surface area contributed by atoms with E-state index >= 15 is 0 Å². The highest BCUT2D eigenvalue weighted by Crippen LogP contribution is 2.28. The minimum atomic E-state index is -0.366. The van der Waals surface area contributed by atoms with Gasteiger partial charge in [-0.25, -0.2) is 0 Å². The lowest BCUT2D eigenvalue weighted by molar-refractivity contribution is -0.244. The van der Waals surface area contributed by atoms with Crippen molar-refractivity contribution in [1.29, 1.82) is 0 Å². The molecule has 0 N–H and O–H groups in total. The molecule has 68 valence electrons. The summed E-state index contributed by atoms with van der Waals surface area (Å²) in [4.78, 5) is 10.9. The Bertz CT molecular complexity index is 175. The molecule has 0 saturated carbocycles. The number of fused-ring (bicyclic) bond motifs is 2. The highest BCUT2D eigenvalue weighted by atomic mass is 16.7. The quantitative estimate of drug-likeness (QED) is 0.539. The molecule has 2 bridgehead atoms. The van der Waals surface area contributed by atoms with Gasteiger partial charge in [-0.05, 0) is 0 Å². The molecule has 0 radical (unpaired) electrons. The van der Waals surface area contributed by atoms with E-state index in [1.165, 1.54) is 0 Å². The van der Waals surface area contributed by atoms with Crippen LogP contribution in [-0.4, -0.2) is 31.6 Å². The van der Waals surface area contributed by atoms with Gasteiger partial charge in [-0.2, -0.15) is 0 Å². The summed E-state index contributed by atoms with van der Waals surface area (Å²) in [6, 6.07) is 0. The van der Waals surface area contributed by atoms with E-state index in [9.17, 15) is 4.79 Å². The van der Waals surface area contributed by atoms with Gasteiger partial charge < -0.3 is 14.2 Å². The van der Waals surface area contributed by atoms with Gasteiger partial charge in [-0.1, -0.05) is 0 Å². The minimum Gasteiger partial charge on any atom is -0.436 e. The van der Waals surface area contributed by atoms with Crippen molar-refractivity contribution in [2.24, 2.45) is 0 Å². The third kappa shape index (κ3) is 1.44. The van der Waals surface area contributed by atoms with Crippen molar-refractivity contribution in [2.75, 3.05) is 7.11 Å². The zero-order valence-electron chi connectivity index (χ0n) is 6.99. The topological polar surface area (TPSA) is 44.8 Å². The van der Waals surface area contributed by atoms with E-state index < -0.39 is 0 Å². The second-order valence-corrected chi connectivity index (χ2v) is 3.21. The third-order valence-electron chi connectivity index (χ3n) is 2.32. The molecule has 2 rings (SSSR count). The van der Waals surface area contributed by atoms with E-state index in [0.29, 0.717) is 12.8 Å². The molecule has 0 aromatic rings. The smallest absolute Gasteiger partial charge is 0.310 e. The molecule has 0 aromatic carbocycles. The maximum absolute atomic E-state index is 10.9. The first-order valence-corrected chi connectivity index (χ1v) is 4.15. The van der Waals surface area contributed by atoms with Crippen molar-refractivity contribution < 1.29 is 19.0 Å². The maximum atomic E-state index is 10.9. The van der Waals surface area contributed by atoms with E-state index in [0.717, 1.165) is 6.42 Å². The molecule has 3 atom stereocenters. The number of rotatable bonds is 1. The minimum absolute atomic E-state index is 0.00921. The highest BCUT2D eigenvalue weighted by molar-refractivity contribution is 5.70. The van der Waals surface area contributed by atoms with Crippen LogP contribution in [0.3, 0.4) is 0 Å². The van der Waals surface area contributed by atoms with Gasteiger partial charge in [0.25, 0.3) is 0 Å². The summed E-state index contributed by atoms with van der Waals surface area (Å²) >= 11 is 0. The van der Waals surface area contributed by atoms with Gasteiger partial charge in [0, 0.05) is 20.0 Å². The standard InChI is InChI=1S/C8H12O4/c1-10-5-2-6-3-7(9)12-8(4-5)11-6/h5-6,8H,2-4H2,1H3/t5-,6+,8+/m0/s1.